The van der Waals surface area contributed by atoms with E-state index in [0.29, 0.717) is 41.6 Å². The van der Waals surface area contributed by atoms with E-state index in [-0.39, 0.29) is 18.8 Å². The predicted octanol–water partition coefficient (Wildman–Crippen LogP) is 3.29. The first-order chi connectivity index (χ1) is 15.5. The molecule has 7 nitrogen and oxygen atoms in total. The van der Waals surface area contributed by atoms with Crippen LogP contribution in [0.5, 0.6) is 0 Å². The molecule has 2 aromatic heterocycles. The van der Waals surface area contributed by atoms with E-state index in [1.165, 1.54) is 18.2 Å². The maximum absolute atomic E-state index is 13.9. The molecule has 32 heavy (non-hydrogen) atoms. The second-order valence-corrected chi connectivity index (χ2v) is 7.33. The largest absolute Gasteiger partial charge is 0.485 e. The Hall–Kier alpha value is -3.59. The van der Waals surface area contributed by atoms with E-state index < -0.39 is 23.6 Å². The molecule has 0 saturated heterocycles. The molecule has 0 spiro atoms. The molecule has 0 aliphatic carbocycles. The Labute approximate surface area is 183 Å². The van der Waals surface area contributed by atoms with Gasteiger partial charge < -0.3 is 19.7 Å². The summed E-state index contributed by atoms with van der Waals surface area (Å²) < 4.78 is 35.3. The van der Waals surface area contributed by atoms with Gasteiger partial charge in [0, 0.05) is 12.7 Å². The van der Waals surface area contributed by atoms with Crippen molar-refractivity contribution in [2.45, 2.75) is 32.5 Å². The lowest BCUT2D eigenvalue weighted by atomic mass is 10.2. The summed E-state index contributed by atoms with van der Waals surface area (Å²) in [6.45, 7) is 1.58. The fraction of sp³-hybridized carbons (Fsp3) is 0.261. The number of halogens is 2. The number of aromatic nitrogens is 3. The molecule has 1 aromatic carbocycles. The molecule has 3 heterocycles. The van der Waals surface area contributed by atoms with Gasteiger partial charge >= 0.3 is 0 Å². The van der Waals surface area contributed by atoms with E-state index in [9.17, 15) is 18.7 Å². The molecule has 1 aliphatic rings. The van der Waals surface area contributed by atoms with Crippen molar-refractivity contribution in [1.29, 1.82) is 0 Å². The third-order valence-corrected chi connectivity index (χ3v) is 5.23. The van der Waals surface area contributed by atoms with Gasteiger partial charge in [-0.2, -0.15) is 0 Å². The minimum Gasteiger partial charge on any atom is -0.485 e. The summed E-state index contributed by atoms with van der Waals surface area (Å²) in [4.78, 5) is 21.7. The standard InChI is InChI=1S/C23H22F2N4O3/c1-14-21(23(31)28-19(12-30)18-8-2-3-10-26-18)29-11-5-9-20(22(29)27-14)32-13-15-16(24)6-4-7-17(15)25/h2-4,6-10,19,30H,5,11-13H2,1H3,(H,28,31). The number of aliphatic hydroxyl groups is 1. The molecule has 3 aromatic rings. The number of imidazole rings is 1. The van der Waals surface area contributed by atoms with E-state index in [0.717, 1.165) is 0 Å². The van der Waals surface area contributed by atoms with Crippen molar-refractivity contribution in [2.24, 2.45) is 0 Å². The van der Waals surface area contributed by atoms with Crippen molar-refractivity contribution in [1.82, 2.24) is 19.9 Å². The number of nitrogens with zero attached hydrogens (tertiary/aromatic N) is 3. The van der Waals surface area contributed by atoms with Gasteiger partial charge in [0.2, 0.25) is 0 Å². The molecule has 0 fully saturated rings. The SMILES string of the molecule is Cc1nc2n(c1C(=O)NC(CO)c1ccccn1)CCC=C2OCc1c(F)cccc1F. The minimum absolute atomic E-state index is 0.173. The number of carbonyl (C=O) groups is 1. The third kappa shape index (κ3) is 4.24. The molecule has 166 valence electrons. The monoisotopic (exact) mass is 440 g/mol. The summed E-state index contributed by atoms with van der Waals surface area (Å²) >= 11 is 0. The Morgan fingerprint density at radius 2 is 2.03 bits per heavy atom. The van der Waals surface area contributed by atoms with E-state index in [1.807, 2.05) is 0 Å². The lowest BCUT2D eigenvalue weighted by Crippen LogP contribution is -2.33. The number of benzene rings is 1. The van der Waals surface area contributed by atoms with Crippen LogP contribution in [0.2, 0.25) is 0 Å². The van der Waals surface area contributed by atoms with Gasteiger partial charge in [-0.3, -0.25) is 9.78 Å². The fourth-order valence-corrected chi connectivity index (χ4v) is 3.65. The Morgan fingerprint density at radius 3 is 2.72 bits per heavy atom. The number of allylic oxidation sites excluding steroid dienone is 1. The Balaban J connectivity index is 1.55. The fourth-order valence-electron chi connectivity index (χ4n) is 3.65. The average molecular weight is 440 g/mol. The van der Waals surface area contributed by atoms with Crippen molar-refractivity contribution >= 4 is 11.7 Å². The number of nitrogens with one attached hydrogen (secondary N) is 1. The van der Waals surface area contributed by atoms with Crippen LogP contribution in [0.1, 0.15) is 45.7 Å². The zero-order valence-corrected chi connectivity index (χ0v) is 17.4. The number of fused-ring (bicyclic) bond motifs is 1. The maximum atomic E-state index is 13.9. The smallest absolute Gasteiger partial charge is 0.270 e. The van der Waals surface area contributed by atoms with Crippen molar-refractivity contribution in [2.75, 3.05) is 6.61 Å². The van der Waals surface area contributed by atoms with Crippen LogP contribution < -0.4 is 5.32 Å². The number of aliphatic hydroxyl groups excluding tert-OH is 1. The average Bonchev–Trinajstić information content (AvgIpc) is 3.14. The highest BCUT2D eigenvalue weighted by Crippen LogP contribution is 2.27. The van der Waals surface area contributed by atoms with Crippen molar-refractivity contribution in [3.8, 4) is 0 Å². The Bertz CT molecular complexity index is 1140. The highest BCUT2D eigenvalue weighted by Gasteiger charge is 2.27. The molecule has 0 saturated carbocycles. The molecule has 9 heteroatoms. The first-order valence-electron chi connectivity index (χ1n) is 10.2. The zero-order valence-electron chi connectivity index (χ0n) is 17.4. The van der Waals surface area contributed by atoms with Gasteiger partial charge in [-0.05, 0) is 43.7 Å². The molecule has 4 rings (SSSR count). The van der Waals surface area contributed by atoms with Crippen LogP contribution >= 0.6 is 0 Å². The number of carbonyl (C=O) groups excluding carboxylic acids is 1. The summed E-state index contributed by atoms with van der Waals surface area (Å²) in [6, 6.07) is 8.20. The lowest BCUT2D eigenvalue weighted by molar-refractivity contribution is 0.0904. The quantitative estimate of drug-likeness (QED) is 0.589. The van der Waals surface area contributed by atoms with Crippen LogP contribution in [0.3, 0.4) is 0 Å². The molecular weight excluding hydrogens is 418 g/mol. The molecule has 1 amide bonds. The van der Waals surface area contributed by atoms with Crippen LogP contribution in [-0.2, 0) is 17.9 Å². The third-order valence-electron chi connectivity index (χ3n) is 5.23. The van der Waals surface area contributed by atoms with Crippen molar-refractivity contribution in [3.63, 3.8) is 0 Å². The summed E-state index contributed by atoms with van der Waals surface area (Å²) in [5, 5.41) is 12.5. The number of rotatable bonds is 7. The summed E-state index contributed by atoms with van der Waals surface area (Å²) in [6.07, 6.45) is 3.93. The van der Waals surface area contributed by atoms with E-state index in [2.05, 4.69) is 15.3 Å². The van der Waals surface area contributed by atoms with Gasteiger partial charge in [-0.1, -0.05) is 12.1 Å². The van der Waals surface area contributed by atoms with Crippen LogP contribution in [0.25, 0.3) is 5.76 Å². The number of pyridine rings is 1. The highest BCUT2D eigenvalue weighted by atomic mass is 19.1. The topological polar surface area (TPSA) is 89.3 Å². The molecule has 1 unspecified atom stereocenters. The minimum atomic E-state index is -0.689. The Morgan fingerprint density at radius 1 is 1.25 bits per heavy atom. The van der Waals surface area contributed by atoms with Crippen LogP contribution in [0.4, 0.5) is 8.78 Å². The number of ether oxygens (including phenoxy) is 1. The lowest BCUT2D eigenvalue weighted by Gasteiger charge is -2.20. The molecular formula is C23H22F2N4O3. The first kappa shape index (κ1) is 21.6. The number of hydrogen-bond acceptors (Lipinski definition) is 5. The summed E-state index contributed by atoms with van der Waals surface area (Å²) in [7, 11) is 0. The Kier molecular flexibility index (Phi) is 6.27. The molecule has 0 radical (unpaired) electrons. The summed E-state index contributed by atoms with van der Waals surface area (Å²) in [5.41, 5.74) is 1.17. The van der Waals surface area contributed by atoms with Crippen LogP contribution in [0.15, 0.2) is 48.7 Å². The number of aryl methyl sites for hydroxylation is 1. The molecule has 1 aliphatic heterocycles. The van der Waals surface area contributed by atoms with Gasteiger partial charge in [-0.15, -0.1) is 0 Å². The van der Waals surface area contributed by atoms with E-state index in [4.69, 9.17) is 4.74 Å². The van der Waals surface area contributed by atoms with E-state index >= 15 is 0 Å². The van der Waals surface area contributed by atoms with Gasteiger partial charge in [0.1, 0.15) is 23.9 Å². The molecule has 1 atom stereocenters. The number of hydrogen-bond donors (Lipinski definition) is 2. The van der Waals surface area contributed by atoms with Crippen molar-refractivity contribution < 1.29 is 23.4 Å². The molecule has 2 N–H and O–H groups in total. The van der Waals surface area contributed by atoms with Crippen LogP contribution in [0, 0.1) is 18.6 Å². The normalized spacial score (nSPS) is 13.8. The zero-order chi connectivity index (χ0) is 22.7. The van der Waals surface area contributed by atoms with E-state index in [1.54, 1.807) is 42.0 Å². The second-order valence-electron chi connectivity index (χ2n) is 7.33. The van der Waals surface area contributed by atoms with Crippen LogP contribution in [-0.4, -0.2) is 32.2 Å². The summed E-state index contributed by atoms with van der Waals surface area (Å²) in [5.74, 6) is -1.03. The second kappa shape index (κ2) is 9.27. The van der Waals surface area contributed by atoms with Gasteiger partial charge in [0.05, 0.1) is 29.6 Å². The maximum Gasteiger partial charge on any atom is 0.270 e. The number of amides is 1. The van der Waals surface area contributed by atoms with Gasteiger partial charge in [0.15, 0.2) is 11.6 Å². The van der Waals surface area contributed by atoms with Gasteiger partial charge in [-0.25, -0.2) is 13.8 Å². The highest BCUT2D eigenvalue weighted by molar-refractivity contribution is 5.94. The van der Waals surface area contributed by atoms with Gasteiger partial charge in [0.25, 0.3) is 5.91 Å². The first-order valence-corrected chi connectivity index (χ1v) is 10.2. The van der Waals surface area contributed by atoms with Crippen molar-refractivity contribution in [3.05, 3.63) is 88.8 Å². The predicted molar refractivity (Wildman–Crippen MR) is 112 cm³/mol. The molecule has 0 bridgehead atoms.